The molecule has 0 bridgehead atoms. The van der Waals surface area contributed by atoms with Gasteiger partial charge in [0.05, 0.1) is 15.6 Å². The SMILES string of the molecule is C=CCCCCCOc1c(Br)cc(CC(N)CC)cc1Br. The number of nitrogens with two attached hydrogens (primary N) is 1. The summed E-state index contributed by atoms with van der Waals surface area (Å²) in [6.45, 7) is 6.58. The largest absolute Gasteiger partial charge is 0.491 e. The van der Waals surface area contributed by atoms with Crippen LogP contribution in [0, 0.1) is 0 Å². The molecular formula is C17H25Br2NO. The van der Waals surface area contributed by atoms with Crippen LogP contribution in [0.3, 0.4) is 0 Å². The number of ether oxygens (including phenoxy) is 1. The molecule has 21 heavy (non-hydrogen) atoms. The van der Waals surface area contributed by atoms with Crippen LogP contribution in [-0.2, 0) is 6.42 Å². The first-order valence-electron chi connectivity index (χ1n) is 7.55. The zero-order valence-corrected chi connectivity index (χ0v) is 15.9. The van der Waals surface area contributed by atoms with Crippen LogP contribution in [0.5, 0.6) is 5.75 Å². The van der Waals surface area contributed by atoms with Crippen molar-refractivity contribution >= 4 is 31.9 Å². The lowest BCUT2D eigenvalue weighted by Gasteiger charge is -2.14. The number of rotatable bonds is 10. The molecule has 0 saturated carbocycles. The average Bonchev–Trinajstić information content (AvgIpc) is 2.44. The third kappa shape index (κ3) is 6.98. The first-order chi connectivity index (χ1) is 10.1. The summed E-state index contributed by atoms with van der Waals surface area (Å²) >= 11 is 7.19. The molecule has 0 amide bonds. The first-order valence-corrected chi connectivity index (χ1v) is 9.14. The Labute approximate surface area is 145 Å². The lowest BCUT2D eigenvalue weighted by atomic mass is 10.0. The molecule has 1 atom stereocenters. The first kappa shape index (κ1) is 18.7. The van der Waals surface area contributed by atoms with E-state index in [1.165, 1.54) is 18.4 Å². The van der Waals surface area contributed by atoms with Gasteiger partial charge in [-0.1, -0.05) is 13.0 Å². The second-order valence-corrected chi connectivity index (χ2v) is 6.96. The molecule has 2 N–H and O–H groups in total. The second kappa shape index (κ2) is 10.4. The highest BCUT2D eigenvalue weighted by Gasteiger charge is 2.10. The Morgan fingerprint density at radius 2 is 1.90 bits per heavy atom. The molecule has 0 aliphatic carbocycles. The number of halogens is 2. The Morgan fingerprint density at radius 3 is 2.48 bits per heavy atom. The molecule has 0 heterocycles. The van der Waals surface area contributed by atoms with Crippen molar-refractivity contribution < 1.29 is 4.74 Å². The van der Waals surface area contributed by atoms with Crippen LogP contribution in [0.15, 0.2) is 33.7 Å². The highest BCUT2D eigenvalue weighted by Crippen LogP contribution is 2.35. The lowest BCUT2D eigenvalue weighted by molar-refractivity contribution is 0.302. The van der Waals surface area contributed by atoms with E-state index in [4.69, 9.17) is 10.5 Å². The van der Waals surface area contributed by atoms with E-state index < -0.39 is 0 Å². The Balaban J connectivity index is 2.53. The van der Waals surface area contributed by atoms with Gasteiger partial charge in [0, 0.05) is 6.04 Å². The summed E-state index contributed by atoms with van der Waals surface area (Å²) in [5, 5.41) is 0. The molecule has 0 radical (unpaired) electrons. The maximum Gasteiger partial charge on any atom is 0.147 e. The van der Waals surface area contributed by atoms with Gasteiger partial charge in [-0.3, -0.25) is 0 Å². The van der Waals surface area contributed by atoms with Crippen LogP contribution in [0.1, 0.15) is 44.6 Å². The minimum atomic E-state index is 0.209. The van der Waals surface area contributed by atoms with E-state index >= 15 is 0 Å². The van der Waals surface area contributed by atoms with Crippen LogP contribution in [0.2, 0.25) is 0 Å². The van der Waals surface area contributed by atoms with Gasteiger partial charge < -0.3 is 10.5 Å². The van der Waals surface area contributed by atoms with E-state index in [-0.39, 0.29) is 6.04 Å². The Bertz CT molecular complexity index is 425. The third-order valence-electron chi connectivity index (χ3n) is 3.38. The van der Waals surface area contributed by atoms with Gasteiger partial charge in [-0.15, -0.1) is 6.58 Å². The molecule has 2 nitrogen and oxygen atoms in total. The number of benzene rings is 1. The minimum absolute atomic E-state index is 0.209. The van der Waals surface area contributed by atoms with E-state index in [2.05, 4.69) is 57.5 Å². The number of allylic oxidation sites excluding steroid dienone is 1. The molecule has 0 fully saturated rings. The summed E-state index contributed by atoms with van der Waals surface area (Å²) in [7, 11) is 0. The summed E-state index contributed by atoms with van der Waals surface area (Å²) in [5.41, 5.74) is 7.24. The zero-order chi connectivity index (χ0) is 15.7. The zero-order valence-electron chi connectivity index (χ0n) is 12.7. The molecule has 1 aromatic rings. The highest BCUT2D eigenvalue weighted by molar-refractivity contribution is 9.11. The summed E-state index contributed by atoms with van der Waals surface area (Å²) in [5.74, 6) is 0.882. The fraction of sp³-hybridized carbons (Fsp3) is 0.529. The maximum atomic E-state index is 6.01. The summed E-state index contributed by atoms with van der Waals surface area (Å²) < 4.78 is 7.86. The summed E-state index contributed by atoms with van der Waals surface area (Å²) in [6, 6.07) is 4.42. The predicted octanol–water partition coefficient (Wildman–Crippen LogP) is 5.62. The highest BCUT2D eigenvalue weighted by atomic mass is 79.9. The van der Waals surface area contributed by atoms with Crippen molar-refractivity contribution in [3.63, 3.8) is 0 Å². The van der Waals surface area contributed by atoms with Crippen LogP contribution >= 0.6 is 31.9 Å². The van der Waals surface area contributed by atoms with E-state index in [9.17, 15) is 0 Å². The average molecular weight is 419 g/mol. The fourth-order valence-electron chi connectivity index (χ4n) is 2.06. The normalized spacial score (nSPS) is 12.2. The lowest BCUT2D eigenvalue weighted by Crippen LogP contribution is -2.21. The van der Waals surface area contributed by atoms with Gasteiger partial charge in [0.25, 0.3) is 0 Å². The molecule has 0 aliphatic rings. The van der Waals surface area contributed by atoms with Gasteiger partial charge in [0.15, 0.2) is 0 Å². The molecule has 0 aromatic heterocycles. The predicted molar refractivity (Wildman–Crippen MR) is 98.0 cm³/mol. The van der Waals surface area contributed by atoms with E-state index in [1.807, 2.05) is 6.08 Å². The monoisotopic (exact) mass is 417 g/mol. The molecular weight excluding hydrogens is 394 g/mol. The van der Waals surface area contributed by atoms with Crippen molar-refractivity contribution in [3.8, 4) is 5.75 Å². The number of unbranched alkanes of at least 4 members (excludes halogenated alkanes) is 3. The van der Waals surface area contributed by atoms with Gasteiger partial charge in [0.1, 0.15) is 5.75 Å². The van der Waals surface area contributed by atoms with E-state index in [0.29, 0.717) is 0 Å². The van der Waals surface area contributed by atoms with Gasteiger partial charge >= 0.3 is 0 Å². The van der Waals surface area contributed by atoms with Gasteiger partial charge in [-0.2, -0.15) is 0 Å². The van der Waals surface area contributed by atoms with Crippen molar-refractivity contribution in [3.05, 3.63) is 39.3 Å². The Morgan fingerprint density at radius 1 is 1.24 bits per heavy atom. The summed E-state index contributed by atoms with van der Waals surface area (Å²) in [6.07, 6.45) is 8.34. The van der Waals surface area contributed by atoms with Crippen LogP contribution in [-0.4, -0.2) is 12.6 Å². The van der Waals surface area contributed by atoms with Crippen molar-refractivity contribution in [2.24, 2.45) is 5.73 Å². The quantitative estimate of drug-likeness (QED) is 0.395. The molecule has 118 valence electrons. The van der Waals surface area contributed by atoms with E-state index in [1.54, 1.807) is 0 Å². The molecule has 0 saturated heterocycles. The number of hydrogen-bond donors (Lipinski definition) is 1. The minimum Gasteiger partial charge on any atom is -0.491 e. The third-order valence-corrected chi connectivity index (χ3v) is 4.56. The molecule has 4 heteroatoms. The van der Waals surface area contributed by atoms with Crippen LogP contribution < -0.4 is 10.5 Å². The Hall–Kier alpha value is -0.320. The molecule has 0 spiro atoms. The van der Waals surface area contributed by atoms with Crippen LogP contribution in [0.4, 0.5) is 0 Å². The molecule has 1 rings (SSSR count). The van der Waals surface area contributed by atoms with Crippen molar-refractivity contribution in [1.29, 1.82) is 0 Å². The van der Waals surface area contributed by atoms with Gasteiger partial charge in [0.2, 0.25) is 0 Å². The van der Waals surface area contributed by atoms with E-state index in [0.717, 1.165) is 47.0 Å². The maximum absolute atomic E-state index is 6.01. The fourth-order valence-corrected chi connectivity index (χ4v) is 3.57. The summed E-state index contributed by atoms with van der Waals surface area (Å²) in [4.78, 5) is 0. The topological polar surface area (TPSA) is 35.2 Å². The standard InChI is InChI=1S/C17H25Br2NO/c1-3-5-6-7-8-9-21-17-15(18)11-13(12-16(17)19)10-14(20)4-2/h3,11-12,14H,1,4-10,20H2,2H3. The Kier molecular flexibility index (Phi) is 9.29. The molecule has 1 aromatic carbocycles. The van der Waals surface area contributed by atoms with Crippen LogP contribution in [0.25, 0.3) is 0 Å². The van der Waals surface area contributed by atoms with Crippen molar-refractivity contribution in [2.75, 3.05) is 6.61 Å². The molecule has 0 aliphatic heterocycles. The second-order valence-electron chi connectivity index (χ2n) is 5.25. The van der Waals surface area contributed by atoms with Crippen molar-refractivity contribution in [1.82, 2.24) is 0 Å². The van der Waals surface area contributed by atoms with Gasteiger partial charge in [-0.05, 0) is 88.1 Å². The molecule has 1 unspecified atom stereocenters. The smallest absolute Gasteiger partial charge is 0.147 e. The van der Waals surface area contributed by atoms with Crippen molar-refractivity contribution in [2.45, 2.75) is 51.5 Å². The van der Waals surface area contributed by atoms with Gasteiger partial charge in [-0.25, -0.2) is 0 Å². The number of hydrogen-bond acceptors (Lipinski definition) is 2.